The Bertz CT molecular complexity index is 684. The van der Waals surface area contributed by atoms with Crippen LogP contribution in [0.1, 0.15) is 42.3 Å². The minimum atomic E-state index is -0.531. The Morgan fingerprint density at radius 3 is 2.45 bits per heavy atom. The standard InChI is InChI=1S/C19H21FO2/c1-13-6-5-7-14(10-13)12-22-17-9-8-15(11-16(17)20)18(21)19(2,3)4/h5-11H,12H2,1-4H3. The molecule has 0 aliphatic rings. The molecule has 2 aromatic rings. The average molecular weight is 300 g/mol. The van der Waals surface area contributed by atoms with Gasteiger partial charge in [0.2, 0.25) is 0 Å². The molecule has 3 heteroatoms. The molecular formula is C19H21FO2. The molecule has 0 fully saturated rings. The van der Waals surface area contributed by atoms with Crippen LogP contribution in [0.5, 0.6) is 5.75 Å². The molecule has 0 spiro atoms. The molecule has 0 unspecified atom stereocenters. The molecule has 2 aromatic carbocycles. The SMILES string of the molecule is Cc1cccc(COc2ccc(C(=O)C(C)(C)C)cc2F)c1. The quantitative estimate of drug-likeness (QED) is 0.747. The first-order valence-corrected chi connectivity index (χ1v) is 7.30. The maximum atomic E-state index is 14.1. The van der Waals surface area contributed by atoms with E-state index in [1.165, 1.54) is 12.1 Å². The highest BCUT2D eigenvalue weighted by molar-refractivity contribution is 5.99. The molecule has 0 bridgehead atoms. The van der Waals surface area contributed by atoms with Crippen LogP contribution in [0.15, 0.2) is 42.5 Å². The lowest BCUT2D eigenvalue weighted by Gasteiger charge is -2.17. The number of halogens is 1. The van der Waals surface area contributed by atoms with Gasteiger partial charge in [0.15, 0.2) is 17.3 Å². The van der Waals surface area contributed by atoms with Crippen molar-refractivity contribution in [3.63, 3.8) is 0 Å². The van der Waals surface area contributed by atoms with Gasteiger partial charge in [0.05, 0.1) is 0 Å². The van der Waals surface area contributed by atoms with Gasteiger partial charge in [-0.1, -0.05) is 50.6 Å². The molecule has 116 valence electrons. The molecule has 0 N–H and O–H groups in total. The van der Waals surface area contributed by atoms with Crippen LogP contribution in [0.4, 0.5) is 4.39 Å². The van der Waals surface area contributed by atoms with Crippen molar-refractivity contribution >= 4 is 5.78 Å². The van der Waals surface area contributed by atoms with Gasteiger partial charge < -0.3 is 4.74 Å². The molecule has 0 saturated carbocycles. The number of benzene rings is 2. The number of rotatable bonds is 4. The average Bonchev–Trinajstić information content (AvgIpc) is 2.44. The largest absolute Gasteiger partial charge is 0.486 e. The Labute approximate surface area is 130 Å². The van der Waals surface area contributed by atoms with Gasteiger partial charge >= 0.3 is 0 Å². The van der Waals surface area contributed by atoms with E-state index in [2.05, 4.69) is 0 Å². The Balaban J connectivity index is 2.12. The fraction of sp³-hybridized carbons (Fsp3) is 0.316. The molecule has 0 aromatic heterocycles. The zero-order chi connectivity index (χ0) is 16.3. The maximum Gasteiger partial charge on any atom is 0.168 e. The fourth-order valence-electron chi connectivity index (χ4n) is 2.16. The van der Waals surface area contributed by atoms with Crippen LogP contribution in [-0.4, -0.2) is 5.78 Å². The lowest BCUT2D eigenvalue weighted by atomic mass is 9.86. The fourth-order valence-corrected chi connectivity index (χ4v) is 2.16. The van der Waals surface area contributed by atoms with Gasteiger partial charge in [0, 0.05) is 11.0 Å². The first-order valence-electron chi connectivity index (χ1n) is 7.30. The van der Waals surface area contributed by atoms with E-state index in [0.717, 1.165) is 11.1 Å². The van der Waals surface area contributed by atoms with Gasteiger partial charge in [-0.25, -0.2) is 4.39 Å². The summed E-state index contributed by atoms with van der Waals surface area (Å²) in [7, 11) is 0. The third kappa shape index (κ3) is 3.94. The molecule has 22 heavy (non-hydrogen) atoms. The summed E-state index contributed by atoms with van der Waals surface area (Å²) in [6.07, 6.45) is 0. The summed E-state index contributed by atoms with van der Waals surface area (Å²) in [4.78, 5) is 12.1. The second-order valence-electron chi connectivity index (χ2n) is 6.50. The molecule has 0 heterocycles. The number of carbonyl (C=O) groups is 1. The second kappa shape index (κ2) is 6.30. The molecule has 0 aliphatic heterocycles. The lowest BCUT2D eigenvalue weighted by Crippen LogP contribution is -2.20. The highest BCUT2D eigenvalue weighted by Gasteiger charge is 2.23. The molecule has 0 aliphatic carbocycles. The van der Waals surface area contributed by atoms with Crippen LogP contribution in [0.3, 0.4) is 0 Å². The van der Waals surface area contributed by atoms with E-state index in [9.17, 15) is 9.18 Å². The van der Waals surface area contributed by atoms with Crippen LogP contribution >= 0.6 is 0 Å². The van der Waals surface area contributed by atoms with Crippen molar-refractivity contribution < 1.29 is 13.9 Å². The van der Waals surface area contributed by atoms with Crippen molar-refractivity contribution in [1.29, 1.82) is 0 Å². The third-order valence-electron chi connectivity index (χ3n) is 3.35. The summed E-state index contributed by atoms with van der Waals surface area (Å²) in [6, 6.07) is 12.2. The van der Waals surface area contributed by atoms with Gasteiger partial charge in [0.25, 0.3) is 0 Å². The first kappa shape index (κ1) is 16.2. The monoisotopic (exact) mass is 300 g/mol. The summed E-state index contributed by atoms with van der Waals surface area (Å²) in [5.41, 5.74) is 1.95. The van der Waals surface area contributed by atoms with E-state index in [-0.39, 0.29) is 11.5 Å². The van der Waals surface area contributed by atoms with Gasteiger partial charge in [-0.2, -0.15) is 0 Å². The van der Waals surface area contributed by atoms with E-state index in [1.807, 2.05) is 52.0 Å². The zero-order valence-corrected chi connectivity index (χ0v) is 13.4. The van der Waals surface area contributed by atoms with Crippen molar-refractivity contribution in [2.75, 3.05) is 0 Å². The number of Topliss-reactive ketones (excluding diaryl/α,β-unsaturated/α-hetero) is 1. The summed E-state index contributed by atoms with van der Waals surface area (Å²) >= 11 is 0. The Morgan fingerprint density at radius 1 is 1.14 bits per heavy atom. The molecule has 2 rings (SSSR count). The number of carbonyl (C=O) groups excluding carboxylic acids is 1. The van der Waals surface area contributed by atoms with Gasteiger partial charge in [-0.05, 0) is 30.7 Å². The van der Waals surface area contributed by atoms with E-state index in [0.29, 0.717) is 12.2 Å². The summed E-state index contributed by atoms with van der Waals surface area (Å²) < 4.78 is 19.6. The Hall–Kier alpha value is -2.16. The van der Waals surface area contributed by atoms with E-state index >= 15 is 0 Å². The van der Waals surface area contributed by atoms with Gasteiger partial charge in [-0.3, -0.25) is 4.79 Å². The maximum absolute atomic E-state index is 14.1. The third-order valence-corrected chi connectivity index (χ3v) is 3.35. The first-order chi connectivity index (χ1) is 10.3. The number of aryl methyl sites for hydroxylation is 1. The lowest BCUT2D eigenvalue weighted by molar-refractivity contribution is 0.0857. The highest BCUT2D eigenvalue weighted by atomic mass is 19.1. The van der Waals surface area contributed by atoms with Crippen LogP contribution in [0, 0.1) is 18.2 Å². The van der Waals surface area contributed by atoms with Crippen molar-refractivity contribution in [2.24, 2.45) is 5.41 Å². The summed E-state index contributed by atoms with van der Waals surface area (Å²) in [5, 5.41) is 0. The number of ketones is 1. The predicted molar refractivity (Wildman–Crippen MR) is 85.7 cm³/mol. The number of hydrogen-bond donors (Lipinski definition) is 0. The number of hydrogen-bond acceptors (Lipinski definition) is 2. The van der Waals surface area contributed by atoms with Crippen molar-refractivity contribution in [3.8, 4) is 5.75 Å². The molecule has 0 atom stereocenters. The van der Waals surface area contributed by atoms with Gasteiger partial charge in [0.1, 0.15) is 6.61 Å². The predicted octanol–water partition coefficient (Wildman–Crippen LogP) is 4.94. The highest BCUT2D eigenvalue weighted by Crippen LogP contribution is 2.25. The number of ether oxygens (including phenoxy) is 1. The van der Waals surface area contributed by atoms with Crippen LogP contribution < -0.4 is 4.74 Å². The van der Waals surface area contributed by atoms with Crippen LogP contribution in [0.2, 0.25) is 0 Å². The van der Waals surface area contributed by atoms with E-state index in [1.54, 1.807) is 6.07 Å². The molecule has 2 nitrogen and oxygen atoms in total. The van der Waals surface area contributed by atoms with Crippen molar-refractivity contribution in [1.82, 2.24) is 0 Å². The summed E-state index contributed by atoms with van der Waals surface area (Å²) in [5.74, 6) is -0.439. The van der Waals surface area contributed by atoms with E-state index < -0.39 is 11.2 Å². The van der Waals surface area contributed by atoms with Crippen LogP contribution in [0.25, 0.3) is 0 Å². The smallest absolute Gasteiger partial charge is 0.168 e. The molecular weight excluding hydrogens is 279 g/mol. The van der Waals surface area contributed by atoms with Crippen molar-refractivity contribution in [3.05, 3.63) is 65.0 Å². The van der Waals surface area contributed by atoms with Crippen molar-refractivity contribution in [2.45, 2.75) is 34.3 Å². The summed E-state index contributed by atoms with van der Waals surface area (Å²) in [6.45, 7) is 7.74. The normalized spacial score (nSPS) is 11.3. The molecule has 0 amide bonds. The topological polar surface area (TPSA) is 26.3 Å². The second-order valence-corrected chi connectivity index (χ2v) is 6.50. The van der Waals surface area contributed by atoms with E-state index in [4.69, 9.17) is 4.74 Å². The Kier molecular flexibility index (Phi) is 4.65. The molecule has 0 saturated heterocycles. The van der Waals surface area contributed by atoms with Gasteiger partial charge in [-0.15, -0.1) is 0 Å². The minimum Gasteiger partial charge on any atom is -0.486 e. The minimum absolute atomic E-state index is 0.0864. The van der Waals surface area contributed by atoms with Crippen LogP contribution in [-0.2, 0) is 6.61 Å². The zero-order valence-electron chi connectivity index (χ0n) is 13.4. The molecule has 0 radical (unpaired) electrons. The Morgan fingerprint density at radius 2 is 1.86 bits per heavy atom.